The molecule has 2 heterocycles. The van der Waals surface area contributed by atoms with Crippen molar-refractivity contribution in [1.82, 2.24) is 9.78 Å². The highest BCUT2D eigenvalue weighted by molar-refractivity contribution is 7.90. The fourth-order valence-electron chi connectivity index (χ4n) is 3.13. The average Bonchev–Trinajstić information content (AvgIpc) is 3.15. The molecule has 0 unspecified atom stereocenters. The second kappa shape index (κ2) is 6.57. The van der Waals surface area contributed by atoms with Crippen LogP contribution in [0.1, 0.15) is 21.6 Å². The van der Waals surface area contributed by atoms with Crippen molar-refractivity contribution in [1.29, 1.82) is 0 Å². The van der Waals surface area contributed by atoms with Crippen molar-refractivity contribution < 1.29 is 18.1 Å². The number of aromatic nitrogens is 2. The molecule has 1 N–H and O–H groups in total. The van der Waals surface area contributed by atoms with E-state index in [1.54, 1.807) is 24.3 Å². The Morgan fingerprint density at radius 1 is 1.07 bits per heavy atom. The molecular weight excluding hydrogens is 384 g/mol. The predicted molar refractivity (Wildman–Crippen MR) is 101 cm³/mol. The third-order valence-corrected chi connectivity index (χ3v) is 5.81. The highest BCUT2D eigenvalue weighted by atomic mass is 32.2. The number of para-hydroxylation sites is 2. The van der Waals surface area contributed by atoms with E-state index in [9.17, 15) is 23.3 Å². The normalized spacial score (nSPS) is 14.4. The van der Waals surface area contributed by atoms with Crippen molar-refractivity contribution in [2.45, 2.75) is 11.5 Å². The zero-order valence-corrected chi connectivity index (χ0v) is 15.2. The number of benzene rings is 2. The number of sulfone groups is 1. The number of amides is 1. The molecule has 0 fully saturated rings. The third-order valence-electron chi connectivity index (χ3n) is 4.37. The largest absolute Gasteiger partial charge is 0.306 e. The maximum absolute atomic E-state index is 12.8. The quantitative estimate of drug-likeness (QED) is 0.532. The van der Waals surface area contributed by atoms with Crippen LogP contribution in [0, 0.1) is 10.1 Å². The molecule has 0 saturated heterocycles. The van der Waals surface area contributed by atoms with Gasteiger partial charge in [-0.05, 0) is 18.2 Å². The Hall–Kier alpha value is -3.53. The van der Waals surface area contributed by atoms with E-state index in [1.807, 2.05) is 6.07 Å². The van der Waals surface area contributed by atoms with Crippen molar-refractivity contribution in [3.05, 3.63) is 81.5 Å². The maximum Gasteiger partial charge on any atom is 0.282 e. The van der Waals surface area contributed by atoms with Crippen LogP contribution >= 0.6 is 0 Å². The molecule has 142 valence electrons. The maximum atomic E-state index is 12.8. The van der Waals surface area contributed by atoms with E-state index >= 15 is 0 Å². The number of nitro benzene ring substituents is 1. The Kier molecular flexibility index (Phi) is 4.19. The smallest absolute Gasteiger partial charge is 0.282 e. The van der Waals surface area contributed by atoms with Gasteiger partial charge in [0.1, 0.15) is 11.4 Å². The van der Waals surface area contributed by atoms with Crippen LogP contribution in [0.4, 0.5) is 11.5 Å². The first-order valence-corrected chi connectivity index (χ1v) is 10.1. The summed E-state index contributed by atoms with van der Waals surface area (Å²) in [5.74, 6) is -0.972. The highest BCUT2D eigenvalue weighted by Crippen LogP contribution is 2.33. The molecule has 3 aromatic rings. The lowest BCUT2D eigenvalue weighted by Gasteiger charge is -2.11. The first-order valence-electron chi connectivity index (χ1n) is 8.27. The van der Waals surface area contributed by atoms with Crippen LogP contribution in [0.5, 0.6) is 0 Å². The van der Waals surface area contributed by atoms with Crippen molar-refractivity contribution in [2.24, 2.45) is 0 Å². The molecule has 0 atom stereocenters. The monoisotopic (exact) mass is 398 g/mol. The Morgan fingerprint density at radius 2 is 1.75 bits per heavy atom. The molecular formula is C18H14N4O5S. The van der Waals surface area contributed by atoms with E-state index in [-0.39, 0.29) is 28.6 Å². The third kappa shape index (κ3) is 3.14. The zero-order chi connectivity index (χ0) is 19.9. The lowest BCUT2D eigenvalue weighted by atomic mass is 10.1. The Bertz CT molecular complexity index is 1200. The van der Waals surface area contributed by atoms with Crippen LogP contribution < -0.4 is 5.32 Å². The number of nitro groups is 1. The van der Waals surface area contributed by atoms with Crippen molar-refractivity contribution >= 4 is 27.2 Å². The SMILES string of the molecule is O=C(Nc1c2c(nn1-c1ccccc1)CS(=O)(=O)C2)c1ccccc1[N+](=O)[O-]. The van der Waals surface area contributed by atoms with Crippen LogP contribution in [0.15, 0.2) is 54.6 Å². The lowest BCUT2D eigenvalue weighted by Crippen LogP contribution is -2.18. The van der Waals surface area contributed by atoms with E-state index in [0.717, 1.165) is 0 Å². The van der Waals surface area contributed by atoms with Crippen LogP contribution in [-0.2, 0) is 21.3 Å². The average molecular weight is 398 g/mol. The lowest BCUT2D eigenvalue weighted by molar-refractivity contribution is -0.385. The van der Waals surface area contributed by atoms with Gasteiger partial charge < -0.3 is 5.32 Å². The van der Waals surface area contributed by atoms with Crippen molar-refractivity contribution in [2.75, 3.05) is 5.32 Å². The van der Waals surface area contributed by atoms with E-state index in [0.29, 0.717) is 16.9 Å². The molecule has 9 nitrogen and oxygen atoms in total. The molecule has 0 aliphatic carbocycles. The number of fused-ring (bicyclic) bond motifs is 1. The van der Waals surface area contributed by atoms with Gasteiger partial charge in [0.25, 0.3) is 11.6 Å². The molecule has 28 heavy (non-hydrogen) atoms. The number of anilines is 1. The molecule has 1 amide bonds. The van der Waals surface area contributed by atoms with Gasteiger partial charge in [-0.1, -0.05) is 30.3 Å². The number of carbonyl (C=O) groups is 1. The Labute approximate surface area is 159 Å². The van der Waals surface area contributed by atoms with Gasteiger partial charge in [-0.25, -0.2) is 13.1 Å². The summed E-state index contributed by atoms with van der Waals surface area (Å²) in [5.41, 5.74) is 0.933. The zero-order valence-electron chi connectivity index (χ0n) is 14.4. The molecule has 4 rings (SSSR count). The topological polar surface area (TPSA) is 124 Å². The van der Waals surface area contributed by atoms with E-state index in [2.05, 4.69) is 10.4 Å². The molecule has 0 radical (unpaired) electrons. The molecule has 10 heteroatoms. The first-order chi connectivity index (χ1) is 13.4. The summed E-state index contributed by atoms with van der Waals surface area (Å²) < 4.78 is 25.4. The summed E-state index contributed by atoms with van der Waals surface area (Å²) in [6.45, 7) is 0. The number of hydrogen-bond donors (Lipinski definition) is 1. The highest BCUT2D eigenvalue weighted by Gasteiger charge is 2.33. The number of nitrogens with one attached hydrogen (secondary N) is 1. The number of nitrogens with zero attached hydrogens (tertiary/aromatic N) is 3. The molecule has 0 saturated carbocycles. The van der Waals surface area contributed by atoms with E-state index in [1.165, 1.54) is 28.9 Å². The molecule has 2 aromatic carbocycles. The number of rotatable bonds is 4. The second-order valence-corrected chi connectivity index (χ2v) is 8.35. The summed E-state index contributed by atoms with van der Waals surface area (Å²) in [6, 6.07) is 14.5. The Balaban J connectivity index is 1.80. The van der Waals surface area contributed by atoms with Gasteiger partial charge in [0.2, 0.25) is 0 Å². The number of hydrogen-bond acceptors (Lipinski definition) is 6. The minimum absolute atomic E-state index is 0.122. The molecule has 0 spiro atoms. The molecule has 1 aliphatic rings. The van der Waals surface area contributed by atoms with Gasteiger partial charge in [0, 0.05) is 11.6 Å². The van der Waals surface area contributed by atoms with Gasteiger partial charge >= 0.3 is 0 Å². The Morgan fingerprint density at radius 3 is 2.46 bits per heavy atom. The van der Waals surface area contributed by atoms with E-state index < -0.39 is 20.7 Å². The van der Waals surface area contributed by atoms with Crippen molar-refractivity contribution in [3.8, 4) is 5.69 Å². The second-order valence-electron chi connectivity index (χ2n) is 6.28. The summed E-state index contributed by atoms with van der Waals surface area (Å²) in [4.78, 5) is 23.4. The molecule has 1 aromatic heterocycles. The van der Waals surface area contributed by atoms with Crippen LogP contribution in [0.2, 0.25) is 0 Å². The van der Waals surface area contributed by atoms with E-state index in [4.69, 9.17) is 0 Å². The van der Waals surface area contributed by atoms with Gasteiger partial charge in [-0.3, -0.25) is 14.9 Å². The van der Waals surface area contributed by atoms with Crippen molar-refractivity contribution in [3.63, 3.8) is 0 Å². The standard InChI is InChI=1S/C18H14N4O5S/c23-18(13-8-4-5-9-16(13)22(24)25)19-17-14-10-28(26,27)11-15(14)20-21(17)12-6-2-1-3-7-12/h1-9H,10-11H2,(H,19,23). The van der Waals surface area contributed by atoms with Crippen LogP contribution in [0.25, 0.3) is 5.69 Å². The molecule has 1 aliphatic heterocycles. The predicted octanol–water partition coefficient (Wildman–Crippen LogP) is 2.46. The summed E-state index contributed by atoms with van der Waals surface area (Å²) in [5, 5.41) is 18.2. The summed E-state index contributed by atoms with van der Waals surface area (Å²) >= 11 is 0. The van der Waals surface area contributed by atoms with Crippen LogP contribution in [0.3, 0.4) is 0 Å². The fraction of sp³-hybridized carbons (Fsp3) is 0.111. The van der Waals surface area contributed by atoms with Gasteiger partial charge in [0.15, 0.2) is 9.84 Å². The van der Waals surface area contributed by atoms with Gasteiger partial charge in [0.05, 0.1) is 27.8 Å². The molecule has 0 bridgehead atoms. The minimum Gasteiger partial charge on any atom is -0.306 e. The fourth-order valence-corrected chi connectivity index (χ4v) is 4.62. The first kappa shape index (κ1) is 17.9. The van der Waals surface area contributed by atoms with Gasteiger partial charge in [-0.2, -0.15) is 5.10 Å². The van der Waals surface area contributed by atoms with Gasteiger partial charge in [-0.15, -0.1) is 0 Å². The van der Waals surface area contributed by atoms with Crippen LogP contribution in [-0.4, -0.2) is 29.0 Å². The summed E-state index contributed by atoms with van der Waals surface area (Å²) in [6.07, 6.45) is 0. The summed E-state index contributed by atoms with van der Waals surface area (Å²) in [7, 11) is -3.34. The number of carbonyl (C=O) groups excluding carboxylic acids is 1. The minimum atomic E-state index is -3.34.